The maximum absolute atomic E-state index is 14.3. The Kier molecular flexibility index (Phi) is 9.99. The van der Waals surface area contributed by atoms with Crippen molar-refractivity contribution in [2.45, 2.75) is 52.9 Å². The molecule has 3 aromatic heterocycles. The average Bonchev–Trinajstić information content (AvgIpc) is 3.06. The molecule has 5 rings (SSSR count). The van der Waals surface area contributed by atoms with E-state index in [1.165, 1.54) is 17.4 Å². The largest absolute Gasteiger partial charge is 0.504 e. The highest BCUT2D eigenvalue weighted by Gasteiger charge is 2.32. The molecule has 2 amide bonds. The van der Waals surface area contributed by atoms with Gasteiger partial charge in [-0.1, -0.05) is 18.5 Å². The fourth-order valence-corrected chi connectivity index (χ4v) is 5.77. The first-order valence-corrected chi connectivity index (χ1v) is 15.9. The lowest BCUT2D eigenvalue weighted by Gasteiger charge is -2.37. The molecule has 4 aromatic rings. The number of piperazine rings is 1. The highest BCUT2D eigenvalue weighted by Crippen LogP contribution is 2.34. The third-order valence-electron chi connectivity index (χ3n) is 8.46. The van der Waals surface area contributed by atoms with Crippen LogP contribution in [-0.2, 0) is 23.9 Å². The monoisotopic (exact) mass is 701 g/mol. The summed E-state index contributed by atoms with van der Waals surface area (Å²) in [6, 6.07) is 2.65. The van der Waals surface area contributed by atoms with Gasteiger partial charge >= 0.3 is 6.18 Å². The number of hydrogen-bond donors (Lipinski definition) is 2. The van der Waals surface area contributed by atoms with Crippen LogP contribution in [0.25, 0.3) is 11.0 Å². The molecule has 1 saturated heterocycles. The van der Waals surface area contributed by atoms with Gasteiger partial charge in [-0.3, -0.25) is 14.4 Å². The fraction of sp³-hybridized carbons (Fsp3) is 0.406. The molecule has 13 nitrogen and oxygen atoms in total. The molecule has 0 aliphatic carbocycles. The number of fused-ring (bicyclic) bond motifs is 1. The van der Waals surface area contributed by atoms with Crippen molar-refractivity contribution in [1.29, 1.82) is 0 Å². The van der Waals surface area contributed by atoms with E-state index >= 15 is 0 Å². The zero-order valence-corrected chi connectivity index (χ0v) is 28.2. The number of halogens is 4. The van der Waals surface area contributed by atoms with Crippen molar-refractivity contribution in [2.24, 2.45) is 0 Å². The van der Waals surface area contributed by atoms with Crippen LogP contribution >= 0.6 is 11.6 Å². The Bertz CT molecular complexity index is 1980. The van der Waals surface area contributed by atoms with Crippen molar-refractivity contribution < 1.29 is 27.9 Å². The summed E-state index contributed by atoms with van der Waals surface area (Å²) in [5, 5.41) is 12.7. The van der Waals surface area contributed by atoms with E-state index in [1.54, 1.807) is 23.4 Å². The Morgan fingerprint density at radius 2 is 1.82 bits per heavy atom. The van der Waals surface area contributed by atoms with Gasteiger partial charge in [0.1, 0.15) is 24.1 Å². The Labute approximate surface area is 284 Å². The second-order valence-electron chi connectivity index (χ2n) is 11.8. The fourth-order valence-electron chi connectivity index (χ4n) is 5.55. The number of nitrogens with zero attached hydrogens (tertiary/aromatic N) is 8. The number of rotatable bonds is 8. The molecule has 49 heavy (non-hydrogen) atoms. The molecule has 1 aliphatic rings. The number of anilines is 3. The first-order chi connectivity index (χ1) is 23.1. The molecule has 0 unspecified atom stereocenters. The van der Waals surface area contributed by atoms with E-state index in [-0.39, 0.29) is 77.6 Å². The molecule has 2 N–H and O–H groups in total. The van der Waals surface area contributed by atoms with Gasteiger partial charge in [0.15, 0.2) is 11.4 Å². The standard InChI is InChI=1S/C32H35ClF3N9O4/c1-6-22-27(43-9-11-44(12-10-43)30(49)26-28(47)18(4)38-16-39-26)29(48)25-23(14-37-31(41-25)42(5)17(2)3)45(22)15-24(46)40-21-8-7-19(13-20(21)33)32(34,35)36/h7-8,13-14,16-17,47H,6,9-12,15H2,1-5H3,(H,40,46). The van der Waals surface area contributed by atoms with Crippen molar-refractivity contribution in [3.63, 3.8) is 0 Å². The van der Waals surface area contributed by atoms with Crippen LogP contribution in [0.1, 0.15) is 48.2 Å². The average molecular weight is 702 g/mol. The Morgan fingerprint density at radius 3 is 2.43 bits per heavy atom. The van der Waals surface area contributed by atoms with E-state index in [2.05, 4.69) is 25.3 Å². The Morgan fingerprint density at radius 1 is 1.12 bits per heavy atom. The molecule has 260 valence electrons. The highest BCUT2D eigenvalue weighted by molar-refractivity contribution is 6.33. The number of alkyl halides is 3. The van der Waals surface area contributed by atoms with E-state index in [0.29, 0.717) is 29.3 Å². The normalized spacial score (nSPS) is 13.7. The molecule has 1 aliphatic heterocycles. The summed E-state index contributed by atoms with van der Waals surface area (Å²) in [5.74, 6) is -1.07. The lowest BCUT2D eigenvalue weighted by molar-refractivity contribution is -0.137. The van der Waals surface area contributed by atoms with Crippen LogP contribution in [0.4, 0.5) is 30.5 Å². The molecular formula is C32H35ClF3N9O4. The number of aromatic hydroxyl groups is 1. The van der Waals surface area contributed by atoms with E-state index < -0.39 is 23.6 Å². The quantitative estimate of drug-likeness (QED) is 0.273. The minimum absolute atomic E-state index is 0.00825. The summed E-state index contributed by atoms with van der Waals surface area (Å²) in [4.78, 5) is 63.0. The molecule has 0 saturated carbocycles. The SMILES string of the molecule is CCc1c(N2CCN(C(=O)c3ncnc(C)c3O)CC2)c(=O)c2nc(N(C)C(C)C)ncc2n1CC(=O)Nc1ccc(C(F)(F)F)cc1Cl. The predicted molar refractivity (Wildman–Crippen MR) is 178 cm³/mol. The molecule has 1 aromatic carbocycles. The van der Waals surface area contributed by atoms with E-state index in [1.807, 2.05) is 25.7 Å². The van der Waals surface area contributed by atoms with Crippen molar-refractivity contribution in [3.05, 3.63) is 68.6 Å². The minimum atomic E-state index is -4.61. The van der Waals surface area contributed by atoms with Gasteiger partial charge in [-0.2, -0.15) is 13.2 Å². The maximum atomic E-state index is 14.3. The molecule has 0 radical (unpaired) electrons. The summed E-state index contributed by atoms with van der Waals surface area (Å²) in [7, 11) is 1.79. The number of pyridine rings is 1. The second-order valence-corrected chi connectivity index (χ2v) is 12.3. The van der Waals surface area contributed by atoms with Crippen molar-refractivity contribution in [3.8, 4) is 5.75 Å². The maximum Gasteiger partial charge on any atom is 0.416 e. The zero-order valence-electron chi connectivity index (χ0n) is 27.5. The van der Waals surface area contributed by atoms with Crippen LogP contribution in [0, 0.1) is 6.92 Å². The topological polar surface area (TPSA) is 150 Å². The zero-order chi connectivity index (χ0) is 35.8. The molecular weight excluding hydrogens is 667 g/mol. The van der Waals surface area contributed by atoms with Crippen LogP contribution < -0.4 is 20.5 Å². The number of aryl methyl sites for hydroxylation is 1. The molecule has 4 heterocycles. The van der Waals surface area contributed by atoms with Gasteiger partial charge in [-0.15, -0.1) is 0 Å². The van der Waals surface area contributed by atoms with Crippen LogP contribution in [-0.4, -0.2) is 85.6 Å². The van der Waals surface area contributed by atoms with Crippen LogP contribution in [0.3, 0.4) is 0 Å². The summed E-state index contributed by atoms with van der Waals surface area (Å²) in [6.45, 7) is 7.86. The Hall–Kier alpha value is -4.99. The number of hydrogen-bond acceptors (Lipinski definition) is 10. The summed E-state index contributed by atoms with van der Waals surface area (Å²) >= 11 is 6.10. The summed E-state index contributed by atoms with van der Waals surface area (Å²) in [5.41, 5.74) is 0.00314. The highest BCUT2D eigenvalue weighted by atomic mass is 35.5. The first kappa shape index (κ1) is 35.3. The number of carbonyl (C=O) groups excluding carboxylic acids is 2. The van der Waals surface area contributed by atoms with Crippen molar-refractivity contribution >= 4 is 51.8 Å². The van der Waals surface area contributed by atoms with E-state index in [4.69, 9.17) is 11.6 Å². The van der Waals surface area contributed by atoms with Gasteiger partial charge in [0.2, 0.25) is 17.3 Å². The van der Waals surface area contributed by atoms with Gasteiger partial charge in [-0.25, -0.2) is 19.9 Å². The number of carbonyl (C=O) groups is 2. The first-order valence-electron chi connectivity index (χ1n) is 15.5. The van der Waals surface area contributed by atoms with Crippen molar-refractivity contribution in [1.82, 2.24) is 29.4 Å². The number of aromatic nitrogens is 5. The van der Waals surface area contributed by atoms with Gasteiger partial charge in [0.05, 0.1) is 33.7 Å². The Balaban J connectivity index is 1.52. The lowest BCUT2D eigenvalue weighted by atomic mass is 10.1. The van der Waals surface area contributed by atoms with Crippen LogP contribution in [0.5, 0.6) is 5.75 Å². The smallest absolute Gasteiger partial charge is 0.416 e. The summed E-state index contributed by atoms with van der Waals surface area (Å²) < 4.78 is 41.1. The summed E-state index contributed by atoms with van der Waals surface area (Å²) in [6.07, 6.45) is -1.61. The number of amides is 2. The third kappa shape index (κ3) is 7.09. The molecule has 17 heteroatoms. The van der Waals surface area contributed by atoms with Gasteiger partial charge in [0, 0.05) is 45.0 Å². The number of nitrogens with one attached hydrogen (secondary N) is 1. The number of benzene rings is 1. The lowest BCUT2D eigenvalue weighted by Crippen LogP contribution is -2.50. The van der Waals surface area contributed by atoms with Gasteiger partial charge in [0.25, 0.3) is 5.91 Å². The van der Waals surface area contributed by atoms with Gasteiger partial charge in [-0.05, 0) is 45.4 Å². The minimum Gasteiger partial charge on any atom is -0.504 e. The third-order valence-corrected chi connectivity index (χ3v) is 8.78. The molecule has 1 fully saturated rings. The van der Waals surface area contributed by atoms with E-state index in [9.17, 15) is 32.7 Å². The van der Waals surface area contributed by atoms with Crippen LogP contribution in [0.2, 0.25) is 5.02 Å². The molecule has 0 bridgehead atoms. The molecule has 0 atom stereocenters. The van der Waals surface area contributed by atoms with Crippen molar-refractivity contribution in [2.75, 3.05) is 48.3 Å². The van der Waals surface area contributed by atoms with Gasteiger partial charge < -0.3 is 29.7 Å². The second kappa shape index (κ2) is 13.9. The van der Waals surface area contributed by atoms with E-state index in [0.717, 1.165) is 18.2 Å². The molecule has 0 spiro atoms. The predicted octanol–water partition coefficient (Wildman–Crippen LogP) is 4.28. The van der Waals surface area contributed by atoms with Crippen LogP contribution in [0.15, 0.2) is 35.5 Å².